The second-order valence-electron chi connectivity index (χ2n) is 4.23. The molecule has 0 aliphatic heterocycles. The number of carbonyl (C=O) groups excluding carboxylic acids is 2. The molecule has 106 valence electrons. The molecule has 0 fully saturated rings. The van der Waals surface area contributed by atoms with Gasteiger partial charge in [0.2, 0.25) is 0 Å². The predicted octanol–water partition coefficient (Wildman–Crippen LogP) is 2.19. The van der Waals surface area contributed by atoms with E-state index >= 15 is 0 Å². The second-order valence-corrected chi connectivity index (χ2v) is 4.23. The van der Waals surface area contributed by atoms with Crippen LogP contribution in [0.25, 0.3) is 0 Å². The SMILES string of the molecule is CC1=C/C(=N/OC(=O)c2cccc([N+](=O)[O-])c2)C=CC1=O. The van der Waals surface area contributed by atoms with Gasteiger partial charge < -0.3 is 4.84 Å². The molecule has 0 radical (unpaired) electrons. The van der Waals surface area contributed by atoms with Crippen molar-refractivity contribution in [2.24, 2.45) is 5.16 Å². The molecule has 1 aliphatic rings. The van der Waals surface area contributed by atoms with Crippen LogP contribution in [-0.4, -0.2) is 22.4 Å². The first-order valence-corrected chi connectivity index (χ1v) is 5.92. The summed E-state index contributed by atoms with van der Waals surface area (Å²) >= 11 is 0. The van der Waals surface area contributed by atoms with E-state index in [2.05, 4.69) is 5.16 Å². The number of ketones is 1. The molecule has 1 aliphatic carbocycles. The van der Waals surface area contributed by atoms with Crippen LogP contribution >= 0.6 is 0 Å². The Morgan fingerprint density at radius 1 is 1.33 bits per heavy atom. The molecule has 1 aromatic carbocycles. The lowest BCUT2D eigenvalue weighted by Gasteiger charge is -2.03. The maximum absolute atomic E-state index is 11.7. The Bertz CT molecular complexity index is 716. The maximum atomic E-state index is 11.7. The molecular formula is C14H10N2O5. The Kier molecular flexibility index (Phi) is 4.03. The van der Waals surface area contributed by atoms with E-state index in [0.29, 0.717) is 11.3 Å². The van der Waals surface area contributed by atoms with Crippen molar-refractivity contribution in [2.45, 2.75) is 6.92 Å². The molecule has 0 heterocycles. The summed E-state index contributed by atoms with van der Waals surface area (Å²) in [4.78, 5) is 37.7. The van der Waals surface area contributed by atoms with E-state index in [1.807, 2.05) is 0 Å². The zero-order chi connectivity index (χ0) is 15.4. The summed E-state index contributed by atoms with van der Waals surface area (Å²) in [5.41, 5.74) is 0.592. The summed E-state index contributed by atoms with van der Waals surface area (Å²) in [7, 11) is 0. The van der Waals surface area contributed by atoms with Gasteiger partial charge in [-0.2, -0.15) is 0 Å². The molecule has 0 saturated heterocycles. The summed E-state index contributed by atoms with van der Waals surface area (Å²) in [5, 5.41) is 14.2. The van der Waals surface area contributed by atoms with Crippen LogP contribution in [0.2, 0.25) is 0 Å². The van der Waals surface area contributed by atoms with Crippen LogP contribution in [0.4, 0.5) is 5.69 Å². The minimum atomic E-state index is -0.817. The number of oxime groups is 1. The number of rotatable bonds is 3. The quantitative estimate of drug-likeness (QED) is 0.367. The summed E-state index contributed by atoms with van der Waals surface area (Å²) in [6.07, 6.45) is 4.20. The van der Waals surface area contributed by atoms with Crippen molar-refractivity contribution >= 4 is 23.2 Å². The predicted molar refractivity (Wildman–Crippen MR) is 73.9 cm³/mol. The van der Waals surface area contributed by atoms with Crippen molar-refractivity contribution in [2.75, 3.05) is 0 Å². The van der Waals surface area contributed by atoms with Gasteiger partial charge >= 0.3 is 5.97 Å². The van der Waals surface area contributed by atoms with Crippen molar-refractivity contribution < 1.29 is 19.3 Å². The number of hydrogen-bond donors (Lipinski definition) is 0. The molecule has 0 aromatic heterocycles. The number of nitro groups is 1. The second kappa shape index (κ2) is 5.91. The van der Waals surface area contributed by atoms with Crippen LogP contribution < -0.4 is 0 Å². The van der Waals surface area contributed by atoms with Crippen molar-refractivity contribution in [3.63, 3.8) is 0 Å². The highest BCUT2D eigenvalue weighted by Crippen LogP contribution is 2.14. The first-order valence-electron chi connectivity index (χ1n) is 5.92. The molecule has 0 saturated carbocycles. The maximum Gasteiger partial charge on any atom is 0.366 e. The third-order valence-electron chi connectivity index (χ3n) is 2.69. The van der Waals surface area contributed by atoms with E-state index in [1.54, 1.807) is 6.92 Å². The number of nitrogens with zero attached hydrogens (tertiary/aromatic N) is 2. The minimum absolute atomic E-state index is 0.0186. The first kappa shape index (κ1) is 14.3. The molecule has 0 atom stereocenters. The third-order valence-corrected chi connectivity index (χ3v) is 2.69. The average Bonchev–Trinajstić information content (AvgIpc) is 2.48. The number of benzene rings is 1. The zero-order valence-corrected chi connectivity index (χ0v) is 11.0. The summed E-state index contributed by atoms with van der Waals surface area (Å²) in [6.45, 7) is 1.61. The molecule has 0 unspecified atom stereocenters. The van der Waals surface area contributed by atoms with Gasteiger partial charge in [-0.05, 0) is 36.8 Å². The normalized spacial score (nSPS) is 15.8. The van der Waals surface area contributed by atoms with Crippen molar-refractivity contribution in [3.8, 4) is 0 Å². The van der Waals surface area contributed by atoms with Gasteiger partial charge in [0.25, 0.3) is 5.69 Å². The third kappa shape index (κ3) is 3.47. The lowest BCUT2D eigenvalue weighted by molar-refractivity contribution is -0.384. The van der Waals surface area contributed by atoms with Gasteiger partial charge in [-0.25, -0.2) is 4.79 Å². The standard InChI is InChI=1S/C14H10N2O5/c1-9-7-11(5-6-13(9)17)15-21-14(18)10-3-2-4-12(8-10)16(19)20/h2-8H,1H3/b15-11+. The molecular weight excluding hydrogens is 276 g/mol. The molecule has 0 N–H and O–H groups in total. The van der Waals surface area contributed by atoms with E-state index in [-0.39, 0.29) is 17.0 Å². The van der Waals surface area contributed by atoms with E-state index in [4.69, 9.17) is 4.84 Å². The fraction of sp³-hybridized carbons (Fsp3) is 0.0714. The van der Waals surface area contributed by atoms with Gasteiger partial charge in [-0.15, -0.1) is 0 Å². The number of non-ortho nitro benzene ring substituents is 1. The Balaban J connectivity index is 2.12. The first-order chi connectivity index (χ1) is 9.97. The van der Waals surface area contributed by atoms with E-state index in [0.717, 1.165) is 6.07 Å². The minimum Gasteiger partial charge on any atom is -0.312 e. The van der Waals surface area contributed by atoms with Crippen LogP contribution in [-0.2, 0) is 9.63 Å². The lowest BCUT2D eigenvalue weighted by Crippen LogP contribution is -2.07. The fourth-order valence-electron chi connectivity index (χ4n) is 1.58. The van der Waals surface area contributed by atoms with Crippen molar-refractivity contribution in [1.82, 2.24) is 0 Å². The molecule has 0 amide bonds. The van der Waals surface area contributed by atoms with E-state index in [9.17, 15) is 19.7 Å². The van der Waals surface area contributed by atoms with Crippen molar-refractivity contribution in [1.29, 1.82) is 0 Å². The van der Waals surface area contributed by atoms with Crippen LogP contribution in [0, 0.1) is 10.1 Å². The smallest absolute Gasteiger partial charge is 0.312 e. The lowest BCUT2D eigenvalue weighted by atomic mass is 10.1. The Morgan fingerprint density at radius 3 is 2.76 bits per heavy atom. The number of hydrogen-bond acceptors (Lipinski definition) is 6. The van der Waals surface area contributed by atoms with Crippen molar-refractivity contribution in [3.05, 3.63) is 63.7 Å². The molecule has 0 bridgehead atoms. The van der Waals surface area contributed by atoms with Crippen LogP contribution in [0.3, 0.4) is 0 Å². The number of carbonyl (C=O) groups is 2. The number of allylic oxidation sites excluding steroid dienone is 4. The summed E-state index contributed by atoms with van der Waals surface area (Å²) in [6, 6.07) is 5.13. The van der Waals surface area contributed by atoms with E-state index in [1.165, 1.54) is 36.4 Å². The van der Waals surface area contributed by atoms with Gasteiger partial charge in [-0.1, -0.05) is 11.2 Å². The Morgan fingerprint density at radius 2 is 2.10 bits per heavy atom. The molecule has 7 heteroatoms. The molecule has 0 spiro atoms. The largest absolute Gasteiger partial charge is 0.366 e. The van der Waals surface area contributed by atoms with Crippen LogP contribution in [0.1, 0.15) is 17.3 Å². The average molecular weight is 286 g/mol. The fourth-order valence-corrected chi connectivity index (χ4v) is 1.58. The van der Waals surface area contributed by atoms with Gasteiger partial charge in [0.15, 0.2) is 5.78 Å². The molecule has 21 heavy (non-hydrogen) atoms. The Hall–Kier alpha value is -3.09. The van der Waals surface area contributed by atoms with Gasteiger partial charge in [0.1, 0.15) is 5.71 Å². The van der Waals surface area contributed by atoms with Crippen LogP contribution in [0.15, 0.2) is 53.2 Å². The molecule has 2 rings (SSSR count). The zero-order valence-electron chi connectivity index (χ0n) is 11.0. The molecule has 1 aromatic rings. The highest BCUT2D eigenvalue weighted by atomic mass is 16.7. The summed E-state index contributed by atoms with van der Waals surface area (Å²) in [5.74, 6) is -0.957. The summed E-state index contributed by atoms with van der Waals surface area (Å²) < 4.78 is 0. The highest BCUT2D eigenvalue weighted by molar-refractivity contribution is 6.18. The van der Waals surface area contributed by atoms with Gasteiger partial charge in [0.05, 0.1) is 10.5 Å². The molecule has 7 nitrogen and oxygen atoms in total. The highest BCUT2D eigenvalue weighted by Gasteiger charge is 2.13. The van der Waals surface area contributed by atoms with Crippen LogP contribution in [0.5, 0.6) is 0 Å². The number of nitro benzene ring substituents is 1. The topological polar surface area (TPSA) is 98.9 Å². The van der Waals surface area contributed by atoms with Gasteiger partial charge in [-0.3, -0.25) is 14.9 Å². The van der Waals surface area contributed by atoms with Gasteiger partial charge in [0, 0.05) is 12.1 Å². The van der Waals surface area contributed by atoms with E-state index < -0.39 is 10.9 Å². The monoisotopic (exact) mass is 286 g/mol. The Labute approximate surface area is 119 Å².